The maximum atomic E-state index is 13.1. The highest BCUT2D eigenvalue weighted by molar-refractivity contribution is 5.94. The summed E-state index contributed by atoms with van der Waals surface area (Å²) < 4.78 is 28.3. The van der Waals surface area contributed by atoms with Crippen molar-refractivity contribution in [3.8, 4) is 23.0 Å². The number of hydrogen-bond acceptors (Lipinski definition) is 9. The van der Waals surface area contributed by atoms with E-state index in [9.17, 15) is 4.79 Å². The molecule has 0 spiro atoms. The first kappa shape index (κ1) is 29.1. The van der Waals surface area contributed by atoms with Crippen molar-refractivity contribution in [1.82, 2.24) is 9.80 Å². The number of benzene rings is 2. The van der Waals surface area contributed by atoms with Gasteiger partial charge in [-0.2, -0.15) is 0 Å². The number of rotatable bonds is 10. The summed E-state index contributed by atoms with van der Waals surface area (Å²) >= 11 is 0. The van der Waals surface area contributed by atoms with Crippen LogP contribution < -0.4 is 41.6 Å². The SMILES string of the molecule is CCOc1cc(N2CCOCC2)c(OCC)cc1NC(=O)CN1CCN(Cc2ccc3c(c2)OCO3)CC1.[Cl-]. The second-order valence-electron chi connectivity index (χ2n) is 9.57. The fraction of sp³-hybridized carbons (Fsp3) is 0.536. The van der Waals surface area contributed by atoms with Crippen molar-refractivity contribution in [3.05, 3.63) is 35.9 Å². The molecule has 10 nitrogen and oxygen atoms in total. The van der Waals surface area contributed by atoms with Gasteiger partial charge in [0.25, 0.3) is 0 Å². The maximum absolute atomic E-state index is 13.1. The molecule has 1 amide bonds. The molecule has 3 aliphatic heterocycles. The monoisotopic (exact) mass is 561 g/mol. The quantitative estimate of drug-likeness (QED) is 0.424. The van der Waals surface area contributed by atoms with Gasteiger partial charge in [-0.15, -0.1) is 0 Å². The summed E-state index contributed by atoms with van der Waals surface area (Å²) in [6, 6.07) is 9.98. The van der Waals surface area contributed by atoms with E-state index in [1.807, 2.05) is 32.0 Å². The third kappa shape index (κ3) is 7.39. The summed E-state index contributed by atoms with van der Waals surface area (Å²) in [6.45, 7) is 12.8. The van der Waals surface area contributed by atoms with Crippen LogP contribution in [0.3, 0.4) is 0 Å². The van der Waals surface area contributed by atoms with E-state index in [-0.39, 0.29) is 25.1 Å². The number of morpholine rings is 1. The fourth-order valence-corrected chi connectivity index (χ4v) is 5.04. The van der Waals surface area contributed by atoms with Crippen LogP contribution in [-0.4, -0.2) is 94.7 Å². The minimum Gasteiger partial charge on any atom is -1.00 e. The minimum absolute atomic E-state index is 0. The molecule has 0 radical (unpaired) electrons. The lowest BCUT2D eigenvalue weighted by molar-refractivity contribution is -0.117. The number of hydrogen-bond donors (Lipinski definition) is 1. The van der Waals surface area contributed by atoms with Crippen LogP contribution in [0.1, 0.15) is 19.4 Å². The molecule has 2 aromatic carbocycles. The van der Waals surface area contributed by atoms with Gasteiger partial charge in [-0.1, -0.05) is 6.07 Å². The number of nitrogens with zero attached hydrogens (tertiary/aromatic N) is 3. The second kappa shape index (κ2) is 13.9. The zero-order valence-corrected chi connectivity index (χ0v) is 23.5. The summed E-state index contributed by atoms with van der Waals surface area (Å²) in [5.74, 6) is 2.96. The molecule has 3 aliphatic rings. The number of amides is 1. The van der Waals surface area contributed by atoms with Gasteiger partial charge < -0.3 is 46.3 Å². The van der Waals surface area contributed by atoms with Crippen LogP contribution in [-0.2, 0) is 16.1 Å². The zero-order valence-electron chi connectivity index (χ0n) is 22.7. The van der Waals surface area contributed by atoms with Gasteiger partial charge in [0.15, 0.2) is 11.5 Å². The lowest BCUT2D eigenvalue weighted by Gasteiger charge is -2.34. The molecule has 2 aromatic rings. The second-order valence-corrected chi connectivity index (χ2v) is 9.57. The fourth-order valence-electron chi connectivity index (χ4n) is 5.04. The smallest absolute Gasteiger partial charge is 0.238 e. The van der Waals surface area contributed by atoms with Crippen molar-refractivity contribution in [3.63, 3.8) is 0 Å². The lowest BCUT2D eigenvalue weighted by Crippen LogP contribution is -3.00. The average molecular weight is 562 g/mol. The number of fused-ring (bicyclic) bond motifs is 1. The van der Waals surface area contributed by atoms with E-state index in [4.69, 9.17) is 23.7 Å². The molecule has 3 heterocycles. The number of piperazine rings is 1. The van der Waals surface area contributed by atoms with Crippen molar-refractivity contribution in [2.75, 3.05) is 89.3 Å². The van der Waals surface area contributed by atoms with Gasteiger partial charge in [0, 0.05) is 57.9 Å². The van der Waals surface area contributed by atoms with Crippen LogP contribution in [0.15, 0.2) is 30.3 Å². The van der Waals surface area contributed by atoms with Gasteiger partial charge in [-0.3, -0.25) is 14.6 Å². The van der Waals surface area contributed by atoms with Gasteiger partial charge in [0.2, 0.25) is 12.7 Å². The van der Waals surface area contributed by atoms with Crippen LogP contribution in [0.25, 0.3) is 0 Å². The summed E-state index contributed by atoms with van der Waals surface area (Å²) in [5, 5.41) is 3.08. The first-order valence-corrected chi connectivity index (χ1v) is 13.5. The predicted molar refractivity (Wildman–Crippen MR) is 145 cm³/mol. The Balaban J connectivity index is 0.00000353. The normalized spacial score (nSPS) is 17.4. The van der Waals surface area contributed by atoms with Gasteiger partial charge in [-0.05, 0) is 31.5 Å². The van der Waals surface area contributed by atoms with Gasteiger partial charge in [0.05, 0.1) is 44.3 Å². The summed E-state index contributed by atoms with van der Waals surface area (Å²) in [6.07, 6.45) is 0. The molecule has 214 valence electrons. The van der Waals surface area contributed by atoms with Gasteiger partial charge >= 0.3 is 0 Å². The van der Waals surface area contributed by atoms with Crippen molar-refractivity contribution < 1.29 is 40.9 Å². The lowest BCUT2D eigenvalue weighted by atomic mass is 10.1. The molecule has 0 unspecified atom stereocenters. The summed E-state index contributed by atoms with van der Waals surface area (Å²) in [5.41, 5.74) is 2.81. The van der Waals surface area contributed by atoms with Crippen LogP contribution >= 0.6 is 0 Å². The highest BCUT2D eigenvalue weighted by Gasteiger charge is 2.23. The van der Waals surface area contributed by atoms with Crippen molar-refractivity contribution in [2.24, 2.45) is 0 Å². The van der Waals surface area contributed by atoms with E-state index >= 15 is 0 Å². The molecule has 2 saturated heterocycles. The van der Waals surface area contributed by atoms with Crippen molar-refractivity contribution >= 4 is 17.3 Å². The van der Waals surface area contributed by atoms with Gasteiger partial charge in [-0.25, -0.2) is 0 Å². The third-order valence-corrected chi connectivity index (χ3v) is 6.96. The number of anilines is 2. The first-order chi connectivity index (χ1) is 18.6. The van der Waals surface area contributed by atoms with Crippen LogP contribution in [0.4, 0.5) is 11.4 Å². The Morgan fingerprint density at radius 3 is 2.31 bits per heavy atom. The molecule has 0 aliphatic carbocycles. The average Bonchev–Trinajstić information content (AvgIpc) is 3.40. The Labute approximate surface area is 236 Å². The van der Waals surface area contributed by atoms with Crippen molar-refractivity contribution in [2.45, 2.75) is 20.4 Å². The van der Waals surface area contributed by atoms with Crippen LogP contribution in [0, 0.1) is 0 Å². The van der Waals surface area contributed by atoms with E-state index in [1.165, 1.54) is 5.56 Å². The van der Waals surface area contributed by atoms with Crippen LogP contribution in [0.2, 0.25) is 0 Å². The number of halogens is 1. The zero-order chi connectivity index (χ0) is 26.3. The third-order valence-electron chi connectivity index (χ3n) is 6.96. The minimum atomic E-state index is -0.0586. The molecule has 0 aromatic heterocycles. The number of ether oxygens (including phenoxy) is 5. The van der Waals surface area contributed by atoms with E-state index in [1.54, 1.807) is 0 Å². The maximum Gasteiger partial charge on any atom is 0.238 e. The standard InChI is InChI=1S/C28H38N4O6.ClH/c1-3-35-25-17-23(32-11-13-34-14-12-32)26(36-4-2)16-22(25)29-28(33)19-31-9-7-30(8-10-31)18-21-5-6-24-27(15-21)38-20-37-24;/h5-6,15-17H,3-4,7-14,18-20H2,1-2H3,(H,29,33);1H/p-1. The largest absolute Gasteiger partial charge is 1.00 e. The van der Waals surface area contributed by atoms with Crippen LogP contribution in [0.5, 0.6) is 23.0 Å². The number of carbonyl (C=O) groups excluding carboxylic acids is 1. The van der Waals surface area contributed by atoms with E-state index in [2.05, 4.69) is 32.1 Å². The van der Waals surface area contributed by atoms with E-state index in [0.29, 0.717) is 44.4 Å². The molecule has 5 rings (SSSR count). The Morgan fingerprint density at radius 1 is 0.872 bits per heavy atom. The Bertz CT molecular complexity index is 1110. The molecular formula is C28H38ClN4O6-. The molecule has 0 bridgehead atoms. The molecule has 2 fully saturated rings. The van der Waals surface area contributed by atoms with E-state index in [0.717, 1.165) is 68.7 Å². The first-order valence-electron chi connectivity index (χ1n) is 13.5. The Kier molecular flexibility index (Phi) is 10.4. The predicted octanol–water partition coefficient (Wildman–Crippen LogP) is -0.190. The number of carbonyl (C=O) groups is 1. The number of nitrogens with one attached hydrogen (secondary N) is 1. The molecule has 1 N–H and O–H groups in total. The molecule has 39 heavy (non-hydrogen) atoms. The highest BCUT2D eigenvalue weighted by Crippen LogP contribution is 2.39. The molecule has 0 saturated carbocycles. The Hall–Kier alpha value is -2.92. The summed E-state index contributed by atoms with van der Waals surface area (Å²) in [7, 11) is 0. The molecule has 0 atom stereocenters. The Morgan fingerprint density at radius 2 is 1.56 bits per heavy atom. The van der Waals surface area contributed by atoms with Gasteiger partial charge in [0.1, 0.15) is 11.5 Å². The molecular weight excluding hydrogens is 524 g/mol. The molecule has 11 heteroatoms. The van der Waals surface area contributed by atoms with Crippen molar-refractivity contribution in [1.29, 1.82) is 0 Å². The van der Waals surface area contributed by atoms with E-state index < -0.39 is 0 Å². The topological polar surface area (TPSA) is 85.0 Å². The summed E-state index contributed by atoms with van der Waals surface area (Å²) in [4.78, 5) is 19.9. The highest BCUT2D eigenvalue weighted by atomic mass is 35.5.